The van der Waals surface area contributed by atoms with Gasteiger partial charge in [-0.3, -0.25) is 9.97 Å². The molecule has 2 heterocycles. The predicted molar refractivity (Wildman–Crippen MR) is 57.3 cm³/mol. The second-order valence-corrected chi connectivity index (χ2v) is 3.09. The SMILES string of the molecule is OB(O)c1ccc(-c2cccnc2)nc1. The highest BCUT2D eigenvalue weighted by atomic mass is 16.4. The van der Waals surface area contributed by atoms with Gasteiger partial charge in [-0.25, -0.2) is 0 Å². The maximum atomic E-state index is 8.89. The average molecular weight is 200 g/mol. The zero-order valence-electron chi connectivity index (χ0n) is 7.91. The first-order chi connectivity index (χ1) is 7.27. The number of nitrogens with zero attached hydrogens (tertiary/aromatic N) is 2. The third-order valence-electron chi connectivity index (χ3n) is 2.04. The van der Waals surface area contributed by atoms with Crippen LogP contribution in [-0.2, 0) is 0 Å². The van der Waals surface area contributed by atoms with Crippen molar-refractivity contribution in [3.8, 4) is 11.3 Å². The number of hydrogen-bond donors (Lipinski definition) is 2. The normalized spacial score (nSPS) is 10.0. The summed E-state index contributed by atoms with van der Waals surface area (Å²) in [5.41, 5.74) is 2.03. The molecule has 0 amide bonds. The van der Waals surface area contributed by atoms with Crippen LogP contribution in [0.5, 0.6) is 0 Å². The highest BCUT2D eigenvalue weighted by Crippen LogP contribution is 2.12. The van der Waals surface area contributed by atoms with E-state index in [2.05, 4.69) is 9.97 Å². The van der Waals surface area contributed by atoms with E-state index in [0.717, 1.165) is 11.3 Å². The smallest absolute Gasteiger partial charge is 0.423 e. The first-order valence-electron chi connectivity index (χ1n) is 4.50. The van der Waals surface area contributed by atoms with Gasteiger partial charge >= 0.3 is 7.12 Å². The third-order valence-corrected chi connectivity index (χ3v) is 2.04. The Morgan fingerprint density at radius 3 is 2.47 bits per heavy atom. The maximum Gasteiger partial charge on any atom is 0.490 e. The van der Waals surface area contributed by atoms with Gasteiger partial charge in [0.25, 0.3) is 0 Å². The summed E-state index contributed by atoms with van der Waals surface area (Å²) in [6.07, 6.45) is 4.83. The molecular formula is C10H9BN2O2. The van der Waals surface area contributed by atoms with Gasteiger partial charge in [-0.2, -0.15) is 0 Å². The molecule has 2 N–H and O–H groups in total. The number of aromatic nitrogens is 2. The molecule has 5 heteroatoms. The van der Waals surface area contributed by atoms with E-state index < -0.39 is 7.12 Å². The zero-order valence-corrected chi connectivity index (χ0v) is 7.91. The molecule has 0 spiro atoms. The van der Waals surface area contributed by atoms with E-state index in [1.54, 1.807) is 24.5 Å². The summed E-state index contributed by atoms with van der Waals surface area (Å²) in [6.45, 7) is 0. The molecule has 0 unspecified atom stereocenters. The van der Waals surface area contributed by atoms with Crippen LogP contribution in [0.15, 0.2) is 42.9 Å². The molecule has 0 fully saturated rings. The lowest BCUT2D eigenvalue weighted by Crippen LogP contribution is -2.29. The van der Waals surface area contributed by atoms with Crippen LogP contribution in [0.4, 0.5) is 0 Å². The van der Waals surface area contributed by atoms with E-state index in [9.17, 15) is 0 Å². The van der Waals surface area contributed by atoms with Gasteiger partial charge in [0.15, 0.2) is 0 Å². The Labute approximate surface area is 87.4 Å². The minimum Gasteiger partial charge on any atom is -0.423 e. The largest absolute Gasteiger partial charge is 0.490 e. The molecule has 0 bridgehead atoms. The zero-order chi connectivity index (χ0) is 10.7. The monoisotopic (exact) mass is 200 g/mol. The topological polar surface area (TPSA) is 66.2 Å². The molecule has 0 aliphatic carbocycles. The van der Waals surface area contributed by atoms with Crippen molar-refractivity contribution in [2.24, 2.45) is 0 Å². The molecule has 2 aromatic heterocycles. The van der Waals surface area contributed by atoms with Gasteiger partial charge in [0.05, 0.1) is 5.69 Å². The molecule has 0 saturated heterocycles. The molecule has 0 aliphatic rings. The van der Waals surface area contributed by atoms with Crippen LogP contribution in [0.1, 0.15) is 0 Å². The van der Waals surface area contributed by atoms with Gasteiger partial charge in [-0.1, -0.05) is 6.07 Å². The van der Waals surface area contributed by atoms with Crippen molar-refractivity contribution in [3.63, 3.8) is 0 Å². The summed E-state index contributed by atoms with van der Waals surface area (Å²) in [7, 11) is -1.47. The van der Waals surface area contributed by atoms with E-state index in [4.69, 9.17) is 10.0 Å². The molecular weight excluding hydrogens is 191 g/mol. The minimum absolute atomic E-state index is 0.377. The Morgan fingerprint density at radius 2 is 1.93 bits per heavy atom. The lowest BCUT2D eigenvalue weighted by molar-refractivity contribution is 0.425. The fourth-order valence-corrected chi connectivity index (χ4v) is 1.24. The lowest BCUT2D eigenvalue weighted by atomic mass is 9.81. The summed E-state index contributed by atoms with van der Waals surface area (Å²) >= 11 is 0. The van der Waals surface area contributed by atoms with Gasteiger partial charge in [-0.15, -0.1) is 0 Å². The quantitative estimate of drug-likeness (QED) is 0.660. The third kappa shape index (κ3) is 2.20. The van der Waals surface area contributed by atoms with Crippen LogP contribution in [0.3, 0.4) is 0 Å². The highest BCUT2D eigenvalue weighted by molar-refractivity contribution is 6.58. The Hall–Kier alpha value is -1.72. The first kappa shape index (κ1) is 9.83. The van der Waals surface area contributed by atoms with Crippen molar-refractivity contribution in [2.75, 3.05) is 0 Å². The molecule has 0 aromatic carbocycles. The van der Waals surface area contributed by atoms with Crippen molar-refractivity contribution in [2.45, 2.75) is 0 Å². The van der Waals surface area contributed by atoms with Crippen molar-refractivity contribution in [1.82, 2.24) is 9.97 Å². The van der Waals surface area contributed by atoms with E-state index >= 15 is 0 Å². The van der Waals surface area contributed by atoms with Crippen molar-refractivity contribution in [1.29, 1.82) is 0 Å². The highest BCUT2D eigenvalue weighted by Gasteiger charge is 2.10. The van der Waals surface area contributed by atoms with Crippen molar-refractivity contribution < 1.29 is 10.0 Å². The van der Waals surface area contributed by atoms with Crippen LogP contribution in [0.2, 0.25) is 0 Å². The maximum absolute atomic E-state index is 8.89. The Kier molecular flexibility index (Phi) is 2.76. The van der Waals surface area contributed by atoms with Crippen molar-refractivity contribution >= 4 is 12.6 Å². The van der Waals surface area contributed by atoms with E-state index in [1.807, 2.05) is 12.1 Å². The summed E-state index contributed by atoms with van der Waals surface area (Å²) < 4.78 is 0. The second-order valence-electron chi connectivity index (χ2n) is 3.09. The Bertz CT molecular complexity index is 431. The molecule has 0 aliphatic heterocycles. The van der Waals surface area contributed by atoms with Crippen LogP contribution in [0, 0.1) is 0 Å². The summed E-state index contributed by atoms with van der Waals surface area (Å²) in [6, 6.07) is 7.07. The van der Waals surface area contributed by atoms with Gasteiger partial charge in [-0.05, 0) is 18.2 Å². The molecule has 0 saturated carbocycles. The molecule has 15 heavy (non-hydrogen) atoms. The fraction of sp³-hybridized carbons (Fsp3) is 0. The fourth-order valence-electron chi connectivity index (χ4n) is 1.24. The minimum atomic E-state index is -1.47. The van der Waals surface area contributed by atoms with E-state index in [0.29, 0.717) is 5.46 Å². The molecule has 74 valence electrons. The van der Waals surface area contributed by atoms with Crippen LogP contribution < -0.4 is 5.46 Å². The van der Waals surface area contributed by atoms with E-state index in [-0.39, 0.29) is 0 Å². The second kappa shape index (κ2) is 4.21. The van der Waals surface area contributed by atoms with Gasteiger partial charge < -0.3 is 10.0 Å². The van der Waals surface area contributed by atoms with E-state index in [1.165, 1.54) is 6.20 Å². The molecule has 4 nitrogen and oxygen atoms in total. The summed E-state index contributed by atoms with van der Waals surface area (Å²) in [4.78, 5) is 8.09. The Balaban J connectivity index is 2.32. The van der Waals surface area contributed by atoms with Crippen LogP contribution in [-0.4, -0.2) is 27.1 Å². The number of pyridine rings is 2. The van der Waals surface area contributed by atoms with Crippen molar-refractivity contribution in [3.05, 3.63) is 42.9 Å². The van der Waals surface area contributed by atoms with Gasteiger partial charge in [0, 0.05) is 29.6 Å². The first-order valence-corrected chi connectivity index (χ1v) is 4.50. The number of rotatable bonds is 2. The molecule has 2 rings (SSSR count). The Morgan fingerprint density at radius 1 is 1.07 bits per heavy atom. The molecule has 2 aromatic rings. The lowest BCUT2D eigenvalue weighted by Gasteiger charge is -2.01. The molecule has 0 atom stereocenters. The average Bonchev–Trinajstić information content (AvgIpc) is 2.30. The van der Waals surface area contributed by atoms with Gasteiger partial charge in [0.2, 0.25) is 0 Å². The summed E-state index contributed by atoms with van der Waals surface area (Å²) in [5.74, 6) is 0. The number of hydrogen-bond acceptors (Lipinski definition) is 4. The standard InChI is InChI=1S/C10H9BN2O2/c14-11(15)9-3-4-10(13-7-9)8-2-1-5-12-6-8/h1-7,14-15H. The summed E-state index contributed by atoms with van der Waals surface area (Å²) in [5, 5.41) is 17.8. The predicted octanol–water partition coefficient (Wildman–Crippen LogP) is -0.177. The van der Waals surface area contributed by atoms with Gasteiger partial charge in [0.1, 0.15) is 0 Å². The van der Waals surface area contributed by atoms with Crippen LogP contribution >= 0.6 is 0 Å². The molecule has 0 radical (unpaired) electrons. The van der Waals surface area contributed by atoms with Crippen LogP contribution in [0.25, 0.3) is 11.3 Å².